The van der Waals surface area contributed by atoms with Crippen LogP contribution in [0.4, 0.5) is 5.69 Å². The predicted octanol–water partition coefficient (Wildman–Crippen LogP) is 4.73. The molecule has 0 amide bonds. The average molecular weight is 378 g/mol. The molecule has 6 heteroatoms. The largest absolute Gasteiger partial charge is 0.422 e. The number of thiazole rings is 1. The van der Waals surface area contributed by atoms with E-state index < -0.39 is 5.63 Å². The predicted molar refractivity (Wildman–Crippen MR) is 110 cm³/mol. The van der Waals surface area contributed by atoms with Crippen molar-refractivity contribution in [2.24, 2.45) is 0 Å². The van der Waals surface area contributed by atoms with E-state index in [1.54, 1.807) is 0 Å². The van der Waals surface area contributed by atoms with Gasteiger partial charge in [0.1, 0.15) is 16.2 Å². The number of fused-ring (bicyclic) bond motifs is 2. The highest BCUT2D eigenvalue weighted by atomic mass is 32.1. The maximum Gasteiger partial charge on any atom is 0.347 e. The molecule has 0 N–H and O–H groups in total. The van der Waals surface area contributed by atoms with Crippen LogP contribution in [-0.2, 0) is 0 Å². The molecule has 0 aliphatic carbocycles. The fourth-order valence-electron chi connectivity index (χ4n) is 3.30. The van der Waals surface area contributed by atoms with Crippen LogP contribution in [0.2, 0.25) is 0 Å². The Morgan fingerprint density at radius 1 is 1.15 bits per heavy atom. The van der Waals surface area contributed by atoms with Crippen molar-refractivity contribution in [2.45, 2.75) is 13.8 Å². The Balaban J connectivity index is 1.96. The molecule has 136 valence electrons. The third-order valence-corrected chi connectivity index (χ3v) is 5.74. The van der Waals surface area contributed by atoms with Crippen LogP contribution in [0.3, 0.4) is 0 Å². The molecule has 5 nitrogen and oxygen atoms in total. The summed E-state index contributed by atoms with van der Waals surface area (Å²) in [5, 5.41) is 1.12. The topological polar surface area (TPSA) is 63.4 Å². The van der Waals surface area contributed by atoms with Crippen molar-refractivity contribution in [1.29, 1.82) is 0 Å². The minimum atomic E-state index is -0.541. The van der Waals surface area contributed by atoms with Gasteiger partial charge in [-0.15, -0.1) is 11.3 Å². The molecule has 4 aromatic rings. The second-order valence-electron chi connectivity index (χ2n) is 6.14. The van der Waals surface area contributed by atoms with Crippen molar-refractivity contribution < 1.29 is 9.21 Å². The number of nitrogens with zero attached hydrogens (tertiary/aromatic N) is 2. The SMILES string of the molecule is CCN(CC)c1ccc2c(C=O)c(-c3nc4ccccc4s3)c(=O)oc2c1. The van der Waals surface area contributed by atoms with Gasteiger partial charge in [0.15, 0.2) is 6.29 Å². The third kappa shape index (κ3) is 2.92. The first-order chi connectivity index (χ1) is 13.2. The van der Waals surface area contributed by atoms with Crippen LogP contribution in [0.25, 0.3) is 31.8 Å². The first-order valence-electron chi connectivity index (χ1n) is 8.83. The molecule has 0 bridgehead atoms. The average Bonchev–Trinajstić information content (AvgIpc) is 3.11. The van der Waals surface area contributed by atoms with E-state index in [0.29, 0.717) is 21.5 Å². The lowest BCUT2D eigenvalue weighted by molar-refractivity contribution is 0.112. The molecule has 4 rings (SSSR count). The normalized spacial score (nSPS) is 11.2. The van der Waals surface area contributed by atoms with E-state index in [9.17, 15) is 9.59 Å². The highest BCUT2D eigenvalue weighted by molar-refractivity contribution is 7.21. The van der Waals surface area contributed by atoms with Gasteiger partial charge in [-0.05, 0) is 38.1 Å². The molecule has 2 aromatic carbocycles. The first kappa shape index (κ1) is 17.4. The van der Waals surface area contributed by atoms with Gasteiger partial charge < -0.3 is 9.32 Å². The van der Waals surface area contributed by atoms with Crippen LogP contribution < -0.4 is 10.5 Å². The molecular weight excluding hydrogens is 360 g/mol. The van der Waals surface area contributed by atoms with E-state index >= 15 is 0 Å². The Morgan fingerprint density at radius 2 is 1.93 bits per heavy atom. The number of aromatic nitrogens is 1. The van der Waals surface area contributed by atoms with Gasteiger partial charge >= 0.3 is 5.63 Å². The molecule has 0 fully saturated rings. The summed E-state index contributed by atoms with van der Waals surface area (Å²) in [5.74, 6) is 0. The van der Waals surface area contributed by atoms with Crippen LogP contribution in [0, 0.1) is 0 Å². The number of carbonyl (C=O) groups excluding carboxylic acids is 1. The molecule has 0 saturated heterocycles. The van der Waals surface area contributed by atoms with Gasteiger partial charge in [-0.2, -0.15) is 0 Å². The Hall–Kier alpha value is -2.99. The Labute approximate surface area is 159 Å². The summed E-state index contributed by atoms with van der Waals surface area (Å²) in [6.45, 7) is 5.82. The number of carbonyl (C=O) groups is 1. The van der Waals surface area contributed by atoms with Crippen LogP contribution in [-0.4, -0.2) is 24.4 Å². The maximum absolute atomic E-state index is 12.7. The van der Waals surface area contributed by atoms with E-state index in [2.05, 4.69) is 23.7 Å². The van der Waals surface area contributed by atoms with E-state index in [4.69, 9.17) is 4.42 Å². The van der Waals surface area contributed by atoms with Crippen molar-refractivity contribution in [3.8, 4) is 10.6 Å². The van der Waals surface area contributed by atoms with E-state index in [0.717, 1.165) is 35.3 Å². The number of aldehydes is 1. The lowest BCUT2D eigenvalue weighted by atomic mass is 10.1. The van der Waals surface area contributed by atoms with Crippen molar-refractivity contribution >= 4 is 44.5 Å². The summed E-state index contributed by atoms with van der Waals surface area (Å²) in [6, 6.07) is 13.2. The maximum atomic E-state index is 12.7. The number of hydrogen-bond acceptors (Lipinski definition) is 6. The first-order valence-corrected chi connectivity index (χ1v) is 9.64. The highest BCUT2D eigenvalue weighted by Crippen LogP contribution is 2.33. The lowest BCUT2D eigenvalue weighted by Crippen LogP contribution is -2.21. The van der Waals surface area contributed by atoms with Crippen LogP contribution >= 0.6 is 11.3 Å². The van der Waals surface area contributed by atoms with E-state index in [1.165, 1.54) is 11.3 Å². The zero-order chi connectivity index (χ0) is 19.0. The number of anilines is 1. The number of para-hydroxylation sites is 1. The number of rotatable bonds is 5. The molecule has 0 unspecified atom stereocenters. The van der Waals surface area contributed by atoms with Gasteiger partial charge in [0.2, 0.25) is 0 Å². The molecular formula is C21H18N2O3S. The van der Waals surface area contributed by atoms with Gasteiger partial charge in [0.05, 0.1) is 10.2 Å². The quantitative estimate of drug-likeness (QED) is 0.371. The van der Waals surface area contributed by atoms with Crippen LogP contribution in [0.1, 0.15) is 24.2 Å². The third-order valence-electron chi connectivity index (χ3n) is 4.69. The van der Waals surface area contributed by atoms with Crippen molar-refractivity contribution in [3.05, 3.63) is 58.4 Å². The molecule has 0 aliphatic rings. The minimum absolute atomic E-state index is 0.231. The summed E-state index contributed by atoms with van der Waals surface area (Å²) in [6.07, 6.45) is 0.720. The molecule has 0 aliphatic heterocycles. The van der Waals surface area contributed by atoms with Gasteiger partial charge in [0.25, 0.3) is 0 Å². The summed E-state index contributed by atoms with van der Waals surface area (Å²) < 4.78 is 6.55. The minimum Gasteiger partial charge on any atom is -0.422 e. The molecule has 0 saturated carbocycles. The summed E-state index contributed by atoms with van der Waals surface area (Å²) >= 11 is 1.38. The zero-order valence-electron chi connectivity index (χ0n) is 15.1. The van der Waals surface area contributed by atoms with Gasteiger partial charge in [0, 0.05) is 35.8 Å². The van der Waals surface area contributed by atoms with Crippen LogP contribution in [0.5, 0.6) is 0 Å². The Morgan fingerprint density at radius 3 is 2.63 bits per heavy atom. The fraction of sp³-hybridized carbons (Fsp3) is 0.190. The Kier molecular flexibility index (Phi) is 4.49. The number of benzene rings is 2. The summed E-state index contributed by atoms with van der Waals surface area (Å²) in [4.78, 5) is 31.3. The standard InChI is InChI=1S/C21H18N2O3S/c1-3-23(4-2)13-9-10-14-15(12-24)19(21(25)26-17(14)11-13)20-22-16-7-5-6-8-18(16)27-20/h5-12H,3-4H2,1-2H3. The fourth-order valence-corrected chi connectivity index (χ4v) is 4.32. The zero-order valence-corrected chi connectivity index (χ0v) is 15.9. The molecule has 0 radical (unpaired) electrons. The molecule has 0 atom stereocenters. The van der Waals surface area contributed by atoms with Gasteiger partial charge in [-0.3, -0.25) is 4.79 Å². The van der Waals surface area contributed by atoms with Gasteiger partial charge in [-0.1, -0.05) is 12.1 Å². The lowest BCUT2D eigenvalue weighted by Gasteiger charge is -2.21. The number of hydrogen-bond donors (Lipinski definition) is 0. The van der Waals surface area contributed by atoms with Crippen molar-refractivity contribution in [3.63, 3.8) is 0 Å². The molecule has 0 spiro atoms. The van der Waals surface area contributed by atoms with Crippen molar-refractivity contribution in [2.75, 3.05) is 18.0 Å². The van der Waals surface area contributed by atoms with Crippen molar-refractivity contribution in [1.82, 2.24) is 4.98 Å². The van der Waals surface area contributed by atoms with E-state index in [-0.39, 0.29) is 5.56 Å². The second kappa shape index (κ2) is 6.96. The molecule has 2 aromatic heterocycles. The Bertz CT molecular complexity index is 1170. The summed E-state index contributed by atoms with van der Waals surface area (Å²) in [5.41, 5.74) is 2.18. The molecule has 27 heavy (non-hydrogen) atoms. The van der Waals surface area contributed by atoms with E-state index in [1.807, 2.05) is 42.5 Å². The smallest absolute Gasteiger partial charge is 0.347 e. The summed E-state index contributed by atoms with van der Waals surface area (Å²) in [7, 11) is 0. The molecule has 2 heterocycles. The van der Waals surface area contributed by atoms with Crippen LogP contribution in [0.15, 0.2) is 51.7 Å². The highest BCUT2D eigenvalue weighted by Gasteiger charge is 2.20. The van der Waals surface area contributed by atoms with Gasteiger partial charge in [-0.25, -0.2) is 9.78 Å². The monoisotopic (exact) mass is 378 g/mol. The second-order valence-corrected chi connectivity index (χ2v) is 7.17.